The van der Waals surface area contributed by atoms with Gasteiger partial charge in [0.25, 0.3) is 0 Å². The van der Waals surface area contributed by atoms with Crippen LogP contribution in [0.25, 0.3) is 0 Å². The van der Waals surface area contributed by atoms with Crippen LogP contribution in [0.1, 0.15) is 181 Å². The van der Waals surface area contributed by atoms with Crippen molar-refractivity contribution >= 4 is 19.8 Å². The molecule has 0 rings (SSSR count). The smallest absolute Gasteiger partial charge is 0.462 e. The zero-order valence-corrected chi connectivity index (χ0v) is 34.6. The third-order valence-electron chi connectivity index (χ3n) is 8.72. The fraction of sp³-hybridized carbons (Fsp3) is 0.767. The van der Waals surface area contributed by atoms with Crippen molar-refractivity contribution in [1.82, 2.24) is 0 Å². The predicted molar refractivity (Wildman–Crippen MR) is 220 cm³/mol. The van der Waals surface area contributed by atoms with Gasteiger partial charge in [0.1, 0.15) is 6.61 Å². The minimum Gasteiger partial charge on any atom is -0.462 e. The molecule has 0 fully saturated rings. The lowest BCUT2D eigenvalue weighted by atomic mass is 10.0. The quantitative estimate of drug-likeness (QED) is 0.0271. The van der Waals surface area contributed by atoms with Gasteiger partial charge in [-0.3, -0.25) is 18.6 Å². The second-order valence-electron chi connectivity index (χ2n) is 13.9. The van der Waals surface area contributed by atoms with Crippen LogP contribution < -0.4 is 5.73 Å². The molecular formula is C43H78NO8P. The third kappa shape index (κ3) is 39.5. The Balaban J connectivity index is 4.26. The standard InChI is InChI=1S/C43H78NO8P/c1-3-5-7-9-11-13-15-17-19-20-22-23-25-27-29-31-33-35-42(45)49-39-41(40-51-53(47,48)50-38-37-44)52-43(46)36-34-32-30-28-26-24-21-18-16-14-12-10-8-6-4-2/h11,13,17,19,22-23,27,29,41H,3-10,12,14-16,18,20-21,24-26,28,30-40,44H2,1-2H3,(H,47,48)/t41-/m1/s1. The number of allylic oxidation sites excluding steroid dienone is 8. The zero-order chi connectivity index (χ0) is 38.9. The number of rotatable bonds is 39. The molecule has 10 heteroatoms. The van der Waals surface area contributed by atoms with Crippen LogP contribution in [-0.2, 0) is 32.7 Å². The van der Waals surface area contributed by atoms with E-state index in [2.05, 4.69) is 56.4 Å². The van der Waals surface area contributed by atoms with Gasteiger partial charge in [0.05, 0.1) is 13.2 Å². The van der Waals surface area contributed by atoms with Crippen LogP contribution in [-0.4, -0.2) is 49.3 Å². The molecular weight excluding hydrogens is 689 g/mol. The Morgan fingerprint density at radius 3 is 1.51 bits per heavy atom. The molecule has 0 aromatic rings. The topological polar surface area (TPSA) is 134 Å². The second kappa shape index (κ2) is 39.7. The highest BCUT2D eigenvalue weighted by Crippen LogP contribution is 2.43. The van der Waals surface area contributed by atoms with Crippen LogP contribution in [0.3, 0.4) is 0 Å². The zero-order valence-electron chi connectivity index (χ0n) is 33.7. The Kier molecular flexibility index (Phi) is 38.1. The summed E-state index contributed by atoms with van der Waals surface area (Å²) in [5.74, 6) is -0.892. The summed E-state index contributed by atoms with van der Waals surface area (Å²) < 4.78 is 32.7. The largest absolute Gasteiger partial charge is 0.472 e. The van der Waals surface area contributed by atoms with E-state index in [1.54, 1.807) is 0 Å². The van der Waals surface area contributed by atoms with Crippen LogP contribution in [0.2, 0.25) is 0 Å². The predicted octanol–water partition coefficient (Wildman–Crippen LogP) is 11.9. The van der Waals surface area contributed by atoms with Crippen molar-refractivity contribution in [2.75, 3.05) is 26.4 Å². The normalized spacial score (nSPS) is 13.8. The molecule has 0 bridgehead atoms. The average molecular weight is 768 g/mol. The van der Waals surface area contributed by atoms with Gasteiger partial charge in [-0.1, -0.05) is 165 Å². The molecule has 0 amide bonds. The average Bonchev–Trinajstić information content (AvgIpc) is 3.14. The molecule has 0 radical (unpaired) electrons. The number of esters is 2. The van der Waals surface area contributed by atoms with E-state index < -0.39 is 32.5 Å². The number of nitrogens with two attached hydrogens (primary N) is 1. The molecule has 0 saturated carbocycles. The summed E-state index contributed by atoms with van der Waals surface area (Å²) in [6.45, 7) is 3.64. The van der Waals surface area contributed by atoms with Gasteiger partial charge in [-0.25, -0.2) is 4.57 Å². The van der Waals surface area contributed by atoms with Crippen molar-refractivity contribution in [2.24, 2.45) is 5.73 Å². The van der Waals surface area contributed by atoms with Crippen LogP contribution in [0.15, 0.2) is 48.6 Å². The summed E-state index contributed by atoms with van der Waals surface area (Å²) in [4.78, 5) is 34.8. The van der Waals surface area contributed by atoms with Crippen LogP contribution >= 0.6 is 7.82 Å². The highest BCUT2D eigenvalue weighted by molar-refractivity contribution is 7.47. The van der Waals surface area contributed by atoms with Crippen molar-refractivity contribution in [3.63, 3.8) is 0 Å². The summed E-state index contributed by atoms with van der Waals surface area (Å²) >= 11 is 0. The van der Waals surface area contributed by atoms with Gasteiger partial charge in [-0.2, -0.15) is 0 Å². The lowest BCUT2D eigenvalue weighted by molar-refractivity contribution is -0.161. The highest BCUT2D eigenvalue weighted by atomic mass is 31.2. The molecule has 1 unspecified atom stereocenters. The van der Waals surface area contributed by atoms with E-state index in [-0.39, 0.29) is 32.6 Å². The Hall–Kier alpha value is -2.03. The number of phosphoric acid groups is 1. The first-order chi connectivity index (χ1) is 25.8. The number of hydrogen-bond donors (Lipinski definition) is 2. The lowest BCUT2D eigenvalue weighted by Crippen LogP contribution is -2.29. The molecule has 53 heavy (non-hydrogen) atoms. The Morgan fingerprint density at radius 2 is 1.00 bits per heavy atom. The fourth-order valence-electron chi connectivity index (χ4n) is 5.57. The summed E-state index contributed by atoms with van der Waals surface area (Å²) in [7, 11) is -4.39. The maximum atomic E-state index is 12.6. The maximum Gasteiger partial charge on any atom is 0.472 e. The van der Waals surface area contributed by atoms with E-state index in [9.17, 15) is 19.0 Å². The number of carbonyl (C=O) groups excluding carboxylic acids is 2. The Labute approximate surface area is 324 Å². The Morgan fingerprint density at radius 1 is 0.566 bits per heavy atom. The number of ether oxygens (including phenoxy) is 2. The monoisotopic (exact) mass is 768 g/mol. The lowest BCUT2D eigenvalue weighted by Gasteiger charge is -2.19. The molecule has 0 aliphatic heterocycles. The number of phosphoric ester groups is 1. The van der Waals surface area contributed by atoms with E-state index in [4.69, 9.17) is 24.3 Å². The molecule has 0 heterocycles. The van der Waals surface area contributed by atoms with Crippen molar-refractivity contribution in [3.05, 3.63) is 48.6 Å². The first kappa shape index (κ1) is 51.0. The van der Waals surface area contributed by atoms with Gasteiger partial charge in [0.15, 0.2) is 6.10 Å². The molecule has 0 aliphatic rings. The fourth-order valence-corrected chi connectivity index (χ4v) is 6.33. The van der Waals surface area contributed by atoms with Gasteiger partial charge >= 0.3 is 19.8 Å². The van der Waals surface area contributed by atoms with Crippen molar-refractivity contribution in [2.45, 2.75) is 187 Å². The summed E-state index contributed by atoms with van der Waals surface area (Å²) in [6, 6.07) is 0. The molecule has 308 valence electrons. The van der Waals surface area contributed by atoms with Gasteiger partial charge in [-0.15, -0.1) is 0 Å². The van der Waals surface area contributed by atoms with E-state index >= 15 is 0 Å². The second-order valence-corrected chi connectivity index (χ2v) is 15.3. The molecule has 0 aromatic carbocycles. The van der Waals surface area contributed by atoms with Crippen LogP contribution in [0.5, 0.6) is 0 Å². The maximum absolute atomic E-state index is 12.6. The van der Waals surface area contributed by atoms with E-state index in [0.29, 0.717) is 12.8 Å². The van der Waals surface area contributed by atoms with Crippen molar-refractivity contribution in [1.29, 1.82) is 0 Å². The molecule has 0 spiro atoms. The third-order valence-corrected chi connectivity index (χ3v) is 9.70. The van der Waals surface area contributed by atoms with Gasteiger partial charge in [-0.05, 0) is 51.4 Å². The molecule has 9 nitrogen and oxygen atoms in total. The van der Waals surface area contributed by atoms with Crippen molar-refractivity contribution < 1.29 is 37.6 Å². The molecule has 3 N–H and O–H groups in total. The van der Waals surface area contributed by atoms with E-state index in [1.165, 1.54) is 96.3 Å². The summed E-state index contributed by atoms with van der Waals surface area (Å²) in [5.41, 5.74) is 5.34. The minimum atomic E-state index is -4.39. The first-order valence-corrected chi connectivity index (χ1v) is 22.6. The number of unbranched alkanes of at least 4 members (excludes halogenated alkanes) is 18. The van der Waals surface area contributed by atoms with Gasteiger partial charge < -0.3 is 20.1 Å². The van der Waals surface area contributed by atoms with Crippen LogP contribution in [0.4, 0.5) is 0 Å². The van der Waals surface area contributed by atoms with Crippen molar-refractivity contribution in [3.8, 4) is 0 Å². The SMILES string of the molecule is CCCCCC=CCC=CCC=CCC=CCCCC(=O)OC[C@H](COP(=O)(O)OCCN)OC(=O)CCCCCCCCCCCCCCCCC. The highest BCUT2D eigenvalue weighted by Gasteiger charge is 2.25. The van der Waals surface area contributed by atoms with E-state index in [1.807, 2.05) is 6.08 Å². The molecule has 2 atom stereocenters. The molecule has 0 aliphatic carbocycles. The van der Waals surface area contributed by atoms with E-state index in [0.717, 1.165) is 44.9 Å². The first-order valence-electron chi connectivity index (χ1n) is 21.1. The summed E-state index contributed by atoms with van der Waals surface area (Å²) in [5, 5.41) is 0. The van der Waals surface area contributed by atoms with Crippen LogP contribution in [0, 0.1) is 0 Å². The van der Waals surface area contributed by atoms with Gasteiger partial charge in [0.2, 0.25) is 0 Å². The summed E-state index contributed by atoms with van der Waals surface area (Å²) in [6.07, 6.45) is 44.3. The minimum absolute atomic E-state index is 0.0459. The number of carbonyl (C=O) groups is 2. The molecule has 0 saturated heterocycles. The number of hydrogen-bond acceptors (Lipinski definition) is 8. The molecule has 0 aromatic heterocycles. The Bertz CT molecular complexity index is 1010. The van der Waals surface area contributed by atoms with Gasteiger partial charge in [0, 0.05) is 19.4 Å².